The maximum Gasteiger partial charge on any atom is 0.151 e. The topological polar surface area (TPSA) is 44.5 Å². The second-order valence-corrected chi connectivity index (χ2v) is 6.48. The van der Waals surface area contributed by atoms with Gasteiger partial charge in [-0.3, -0.25) is 4.90 Å². The van der Waals surface area contributed by atoms with Crippen molar-refractivity contribution in [1.29, 1.82) is 0 Å². The highest BCUT2D eigenvalue weighted by atomic mass is 16.5. The Labute approximate surface area is 129 Å². The monoisotopic (exact) mass is 296 g/mol. The van der Waals surface area contributed by atoms with E-state index >= 15 is 0 Å². The zero-order valence-corrected chi connectivity index (χ0v) is 14.5. The van der Waals surface area contributed by atoms with E-state index in [1.165, 1.54) is 0 Å². The molecule has 0 amide bonds. The zero-order chi connectivity index (χ0) is 15.8. The molecule has 1 heterocycles. The minimum Gasteiger partial charge on any atom is -0.360 e. The average Bonchev–Trinajstić information content (AvgIpc) is 2.82. The van der Waals surface area contributed by atoms with Crippen molar-refractivity contribution in [2.45, 2.75) is 46.8 Å². The molecule has 5 heteroatoms. The molecule has 21 heavy (non-hydrogen) atoms. The Bertz CT molecular complexity index is 389. The molecule has 1 aromatic rings. The molecule has 0 radical (unpaired) electrons. The molecule has 0 aromatic carbocycles. The Morgan fingerprint density at radius 3 is 2.57 bits per heavy atom. The highest BCUT2D eigenvalue weighted by Crippen LogP contribution is 2.10. The van der Waals surface area contributed by atoms with E-state index in [0.717, 1.165) is 44.2 Å². The summed E-state index contributed by atoms with van der Waals surface area (Å²) in [5.74, 6) is 1.60. The van der Waals surface area contributed by atoms with Crippen LogP contribution in [-0.4, -0.2) is 54.7 Å². The number of nitrogens with one attached hydrogen (secondary N) is 1. The van der Waals surface area contributed by atoms with E-state index in [2.05, 4.69) is 68.1 Å². The Morgan fingerprint density at radius 2 is 2.00 bits per heavy atom. The van der Waals surface area contributed by atoms with Crippen LogP contribution in [0.15, 0.2) is 10.6 Å². The van der Waals surface area contributed by atoms with Crippen molar-refractivity contribution in [3.63, 3.8) is 0 Å². The van der Waals surface area contributed by atoms with E-state index in [-0.39, 0.29) is 0 Å². The standard InChI is InChI=1S/C16H32N4O/c1-7-20(14(4)11-19(5)6)12-16-8-15(18-21-16)10-17-9-13(2)3/h8,13-14,17H,7,9-12H2,1-6H3. The van der Waals surface area contributed by atoms with Crippen LogP contribution >= 0.6 is 0 Å². The highest BCUT2D eigenvalue weighted by Gasteiger charge is 2.15. The molecule has 1 atom stereocenters. The van der Waals surface area contributed by atoms with Gasteiger partial charge in [-0.25, -0.2) is 0 Å². The average molecular weight is 296 g/mol. The summed E-state index contributed by atoms with van der Waals surface area (Å²) in [6.45, 7) is 13.5. The summed E-state index contributed by atoms with van der Waals surface area (Å²) in [5.41, 5.74) is 0.988. The van der Waals surface area contributed by atoms with Crippen LogP contribution < -0.4 is 5.32 Å². The van der Waals surface area contributed by atoms with E-state index < -0.39 is 0 Å². The summed E-state index contributed by atoms with van der Waals surface area (Å²) in [4.78, 5) is 4.63. The number of rotatable bonds is 10. The SMILES string of the molecule is CCN(Cc1cc(CNCC(C)C)no1)C(C)CN(C)C. The van der Waals surface area contributed by atoms with Gasteiger partial charge in [0.05, 0.1) is 12.2 Å². The number of aromatic nitrogens is 1. The molecule has 0 aliphatic carbocycles. The summed E-state index contributed by atoms with van der Waals surface area (Å²) in [7, 11) is 4.22. The molecular weight excluding hydrogens is 264 g/mol. The fraction of sp³-hybridized carbons (Fsp3) is 0.812. The van der Waals surface area contributed by atoms with Crippen molar-refractivity contribution in [2.24, 2.45) is 5.92 Å². The maximum absolute atomic E-state index is 5.46. The smallest absolute Gasteiger partial charge is 0.151 e. The molecule has 0 aliphatic rings. The Balaban J connectivity index is 2.47. The van der Waals surface area contributed by atoms with Crippen LogP contribution in [0.3, 0.4) is 0 Å². The molecule has 0 saturated carbocycles. The lowest BCUT2D eigenvalue weighted by atomic mass is 10.2. The molecule has 5 nitrogen and oxygen atoms in total. The second-order valence-electron chi connectivity index (χ2n) is 6.48. The van der Waals surface area contributed by atoms with Gasteiger partial charge in [0.25, 0.3) is 0 Å². The summed E-state index contributed by atoms with van der Waals surface area (Å²) in [5, 5.41) is 7.53. The van der Waals surface area contributed by atoms with Crippen molar-refractivity contribution in [3.05, 3.63) is 17.5 Å². The van der Waals surface area contributed by atoms with Gasteiger partial charge >= 0.3 is 0 Å². The Hall–Kier alpha value is -0.910. The first kappa shape index (κ1) is 18.1. The van der Waals surface area contributed by atoms with E-state index in [9.17, 15) is 0 Å². The second kappa shape index (κ2) is 9.18. The van der Waals surface area contributed by atoms with Crippen molar-refractivity contribution in [1.82, 2.24) is 20.3 Å². The minimum atomic E-state index is 0.498. The van der Waals surface area contributed by atoms with E-state index in [1.54, 1.807) is 0 Å². The summed E-state index contributed by atoms with van der Waals surface area (Å²) in [6.07, 6.45) is 0. The van der Waals surface area contributed by atoms with Gasteiger partial charge in [-0.05, 0) is 40.0 Å². The molecule has 0 bridgehead atoms. The molecule has 1 N–H and O–H groups in total. The largest absolute Gasteiger partial charge is 0.360 e. The number of nitrogens with zero attached hydrogens (tertiary/aromatic N) is 3. The van der Waals surface area contributed by atoms with Gasteiger partial charge in [0, 0.05) is 25.2 Å². The molecule has 0 spiro atoms. The van der Waals surface area contributed by atoms with Gasteiger partial charge in [-0.2, -0.15) is 0 Å². The molecule has 0 saturated heterocycles. The first-order chi connectivity index (χ1) is 9.92. The molecule has 1 unspecified atom stereocenters. The van der Waals surface area contributed by atoms with Crippen LogP contribution in [0.1, 0.15) is 39.1 Å². The highest BCUT2D eigenvalue weighted by molar-refractivity contribution is 5.05. The van der Waals surface area contributed by atoms with E-state index in [0.29, 0.717) is 12.0 Å². The minimum absolute atomic E-state index is 0.498. The fourth-order valence-electron chi connectivity index (χ4n) is 2.43. The first-order valence-electron chi connectivity index (χ1n) is 7.96. The summed E-state index contributed by atoms with van der Waals surface area (Å²) < 4.78 is 5.46. The predicted octanol–water partition coefficient (Wildman–Crippen LogP) is 2.19. The van der Waals surface area contributed by atoms with Gasteiger partial charge in [0.15, 0.2) is 5.76 Å². The van der Waals surface area contributed by atoms with Crippen molar-refractivity contribution in [3.8, 4) is 0 Å². The third-order valence-electron chi connectivity index (χ3n) is 3.48. The third kappa shape index (κ3) is 7.07. The van der Waals surface area contributed by atoms with Gasteiger partial charge < -0.3 is 14.7 Å². The number of hydrogen-bond donors (Lipinski definition) is 1. The normalized spacial score (nSPS) is 13.6. The van der Waals surface area contributed by atoms with Crippen molar-refractivity contribution >= 4 is 0 Å². The summed E-state index contributed by atoms with van der Waals surface area (Å²) in [6, 6.07) is 2.57. The van der Waals surface area contributed by atoms with Crippen LogP contribution in [0.4, 0.5) is 0 Å². The Kier molecular flexibility index (Phi) is 7.93. The fourth-order valence-corrected chi connectivity index (χ4v) is 2.43. The quantitative estimate of drug-likeness (QED) is 0.717. The van der Waals surface area contributed by atoms with Crippen LogP contribution in [0.25, 0.3) is 0 Å². The molecule has 122 valence electrons. The Morgan fingerprint density at radius 1 is 1.29 bits per heavy atom. The van der Waals surface area contributed by atoms with Gasteiger partial charge in [0.1, 0.15) is 0 Å². The van der Waals surface area contributed by atoms with E-state index in [4.69, 9.17) is 4.52 Å². The molecule has 0 aliphatic heterocycles. The number of likely N-dealkylation sites (N-methyl/N-ethyl adjacent to an activating group) is 2. The maximum atomic E-state index is 5.46. The third-order valence-corrected chi connectivity index (χ3v) is 3.48. The van der Waals surface area contributed by atoms with Crippen molar-refractivity contribution < 1.29 is 4.52 Å². The molecular formula is C16H32N4O. The molecule has 1 aromatic heterocycles. The molecule has 0 fully saturated rings. The first-order valence-corrected chi connectivity index (χ1v) is 7.96. The lowest BCUT2D eigenvalue weighted by molar-refractivity contribution is 0.158. The lowest BCUT2D eigenvalue weighted by Gasteiger charge is -2.28. The van der Waals surface area contributed by atoms with Crippen LogP contribution in [0.2, 0.25) is 0 Å². The van der Waals surface area contributed by atoms with Crippen LogP contribution in [0, 0.1) is 5.92 Å². The van der Waals surface area contributed by atoms with Gasteiger partial charge in [-0.1, -0.05) is 25.9 Å². The van der Waals surface area contributed by atoms with Gasteiger partial charge in [0.2, 0.25) is 0 Å². The van der Waals surface area contributed by atoms with Crippen LogP contribution in [-0.2, 0) is 13.1 Å². The van der Waals surface area contributed by atoms with E-state index in [1.807, 2.05) is 0 Å². The number of hydrogen-bond acceptors (Lipinski definition) is 5. The summed E-state index contributed by atoms with van der Waals surface area (Å²) >= 11 is 0. The van der Waals surface area contributed by atoms with Crippen LogP contribution in [0.5, 0.6) is 0 Å². The lowest BCUT2D eigenvalue weighted by Crippen LogP contribution is -2.39. The predicted molar refractivity (Wildman–Crippen MR) is 87.1 cm³/mol. The molecule has 1 rings (SSSR count). The zero-order valence-electron chi connectivity index (χ0n) is 14.5. The van der Waals surface area contributed by atoms with Crippen molar-refractivity contribution in [2.75, 3.05) is 33.7 Å². The van der Waals surface area contributed by atoms with Gasteiger partial charge in [-0.15, -0.1) is 0 Å².